The largest absolute Gasteiger partial charge is 0.482 e. The number of halogens is 2. The Bertz CT molecular complexity index is 577. The molecular weight excluding hydrogens is 329 g/mol. The van der Waals surface area contributed by atoms with Crippen molar-refractivity contribution in [3.8, 4) is 5.75 Å². The molecular formula is C15H17ClFNO5. The first-order valence-electron chi connectivity index (χ1n) is 7.15. The second-order valence-corrected chi connectivity index (χ2v) is 5.63. The zero-order valence-electron chi connectivity index (χ0n) is 12.3. The molecule has 2 atom stereocenters. The molecule has 1 saturated heterocycles. The van der Waals surface area contributed by atoms with Crippen molar-refractivity contribution in [1.82, 2.24) is 5.32 Å². The highest BCUT2D eigenvalue weighted by atomic mass is 35.5. The minimum Gasteiger partial charge on any atom is -0.482 e. The van der Waals surface area contributed by atoms with Crippen LogP contribution in [0.25, 0.3) is 0 Å². The van der Waals surface area contributed by atoms with Crippen LogP contribution in [0, 0.1) is 11.7 Å². The number of carbonyl (C=O) groups is 2. The maximum absolute atomic E-state index is 12.9. The maximum atomic E-state index is 12.9. The number of benzene rings is 1. The number of carboxylic acids is 1. The van der Waals surface area contributed by atoms with Crippen LogP contribution in [-0.4, -0.2) is 42.8 Å². The normalized spacial score (nSPS) is 19.0. The van der Waals surface area contributed by atoms with Crippen molar-refractivity contribution in [2.45, 2.75) is 18.9 Å². The van der Waals surface area contributed by atoms with Crippen molar-refractivity contribution in [2.24, 2.45) is 5.92 Å². The van der Waals surface area contributed by atoms with Gasteiger partial charge in [0.1, 0.15) is 17.6 Å². The lowest BCUT2D eigenvalue weighted by Crippen LogP contribution is -2.49. The van der Waals surface area contributed by atoms with Gasteiger partial charge in [-0.2, -0.15) is 0 Å². The van der Waals surface area contributed by atoms with Crippen LogP contribution in [0.5, 0.6) is 5.75 Å². The fourth-order valence-corrected chi connectivity index (χ4v) is 2.58. The first-order chi connectivity index (χ1) is 11.0. The Balaban J connectivity index is 1.90. The van der Waals surface area contributed by atoms with Gasteiger partial charge in [0.15, 0.2) is 6.61 Å². The molecule has 0 radical (unpaired) electrons. The van der Waals surface area contributed by atoms with E-state index in [9.17, 15) is 19.1 Å². The van der Waals surface area contributed by atoms with Crippen LogP contribution >= 0.6 is 11.6 Å². The summed E-state index contributed by atoms with van der Waals surface area (Å²) in [5.41, 5.74) is 0. The summed E-state index contributed by atoms with van der Waals surface area (Å²) < 4.78 is 23.4. The van der Waals surface area contributed by atoms with E-state index in [1.807, 2.05) is 0 Å². The van der Waals surface area contributed by atoms with E-state index in [0.717, 1.165) is 18.6 Å². The van der Waals surface area contributed by atoms with E-state index in [2.05, 4.69) is 5.32 Å². The van der Waals surface area contributed by atoms with E-state index < -0.39 is 30.3 Å². The topological polar surface area (TPSA) is 84.9 Å². The Kier molecular flexibility index (Phi) is 6.18. The molecule has 2 rings (SSSR count). The second kappa shape index (κ2) is 8.12. The number of carboxylic acid groups (broad SMARTS) is 1. The molecule has 8 heteroatoms. The molecule has 6 nitrogen and oxygen atoms in total. The average Bonchev–Trinajstić information content (AvgIpc) is 2.52. The standard InChI is InChI=1S/C15H17ClFNO5/c16-11-6-10(17)3-4-12(11)23-8-13(19)18-14(15(20)21)9-2-1-5-22-7-9/h3-4,6,9,14H,1-2,5,7-8H2,(H,18,19)(H,20,21). The van der Waals surface area contributed by atoms with Gasteiger partial charge < -0.3 is 19.9 Å². The van der Waals surface area contributed by atoms with Gasteiger partial charge in [-0.1, -0.05) is 11.6 Å². The van der Waals surface area contributed by atoms with Gasteiger partial charge in [0.2, 0.25) is 0 Å². The van der Waals surface area contributed by atoms with Gasteiger partial charge >= 0.3 is 5.97 Å². The summed E-state index contributed by atoms with van der Waals surface area (Å²) in [6.45, 7) is 0.480. The van der Waals surface area contributed by atoms with Crippen LogP contribution in [-0.2, 0) is 14.3 Å². The van der Waals surface area contributed by atoms with Gasteiger partial charge in [-0.05, 0) is 31.0 Å². The van der Waals surface area contributed by atoms with Crippen LogP contribution < -0.4 is 10.1 Å². The van der Waals surface area contributed by atoms with Gasteiger partial charge in [-0.15, -0.1) is 0 Å². The van der Waals surface area contributed by atoms with Gasteiger partial charge in [0, 0.05) is 12.5 Å². The summed E-state index contributed by atoms with van der Waals surface area (Å²) in [5.74, 6) is -2.36. The van der Waals surface area contributed by atoms with Gasteiger partial charge in [0.05, 0.1) is 11.6 Å². The molecule has 0 aliphatic carbocycles. The minimum atomic E-state index is -1.12. The molecule has 1 aliphatic heterocycles. The van der Waals surface area contributed by atoms with Crippen molar-refractivity contribution < 1.29 is 28.6 Å². The summed E-state index contributed by atoms with van der Waals surface area (Å²) in [6, 6.07) is 2.48. The molecule has 1 heterocycles. The van der Waals surface area contributed by atoms with Gasteiger partial charge in [0.25, 0.3) is 5.91 Å². The number of carbonyl (C=O) groups excluding carboxylic acids is 1. The number of ether oxygens (including phenoxy) is 2. The molecule has 0 bridgehead atoms. The fraction of sp³-hybridized carbons (Fsp3) is 0.467. The number of hydrogen-bond donors (Lipinski definition) is 2. The molecule has 0 saturated carbocycles. The summed E-state index contributed by atoms with van der Waals surface area (Å²) in [5, 5.41) is 11.7. The number of aliphatic carboxylic acids is 1. The Labute approximate surface area is 137 Å². The van der Waals surface area contributed by atoms with Crippen molar-refractivity contribution >= 4 is 23.5 Å². The van der Waals surface area contributed by atoms with Gasteiger partial charge in [-0.25, -0.2) is 9.18 Å². The highest BCUT2D eigenvalue weighted by Gasteiger charge is 2.31. The maximum Gasteiger partial charge on any atom is 0.326 e. The summed E-state index contributed by atoms with van der Waals surface area (Å²) in [4.78, 5) is 23.2. The molecule has 23 heavy (non-hydrogen) atoms. The summed E-state index contributed by atoms with van der Waals surface area (Å²) in [6.07, 6.45) is 1.42. The minimum absolute atomic E-state index is 0.0354. The van der Waals surface area contributed by atoms with E-state index in [-0.39, 0.29) is 16.7 Å². The van der Waals surface area contributed by atoms with Crippen LogP contribution in [0.15, 0.2) is 18.2 Å². The lowest BCUT2D eigenvalue weighted by Gasteiger charge is -2.28. The summed E-state index contributed by atoms with van der Waals surface area (Å²) in [7, 11) is 0. The predicted octanol–water partition coefficient (Wildman–Crippen LogP) is 1.85. The third-order valence-electron chi connectivity index (χ3n) is 3.50. The molecule has 1 aromatic rings. The average molecular weight is 346 g/mol. The third kappa shape index (κ3) is 5.07. The SMILES string of the molecule is O=C(COc1ccc(F)cc1Cl)NC(C(=O)O)C1CCCOC1. The molecule has 1 amide bonds. The molecule has 2 unspecified atom stereocenters. The Hall–Kier alpha value is -1.86. The van der Waals surface area contributed by atoms with Crippen LogP contribution in [0.3, 0.4) is 0 Å². The highest BCUT2D eigenvalue weighted by molar-refractivity contribution is 6.32. The zero-order valence-corrected chi connectivity index (χ0v) is 13.0. The Morgan fingerprint density at radius 2 is 2.30 bits per heavy atom. The lowest BCUT2D eigenvalue weighted by molar-refractivity contribution is -0.145. The smallest absolute Gasteiger partial charge is 0.326 e. The fourth-order valence-electron chi connectivity index (χ4n) is 2.36. The molecule has 2 N–H and O–H groups in total. The Morgan fingerprint density at radius 3 is 2.91 bits per heavy atom. The van der Waals surface area contributed by atoms with Crippen molar-refractivity contribution in [3.05, 3.63) is 29.0 Å². The zero-order chi connectivity index (χ0) is 16.8. The first kappa shape index (κ1) is 17.5. The van der Waals surface area contributed by atoms with E-state index in [4.69, 9.17) is 21.1 Å². The third-order valence-corrected chi connectivity index (χ3v) is 3.80. The molecule has 1 fully saturated rings. The van der Waals surface area contributed by atoms with Crippen molar-refractivity contribution in [3.63, 3.8) is 0 Å². The number of hydrogen-bond acceptors (Lipinski definition) is 4. The number of amides is 1. The van der Waals surface area contributed by atoms with Crippen molar-refractivity contribution in [2.75, 3.05) is 19.8 Å². The monoisotopic (exact) mass is 345 g/mol. The predicted molar refractivity (Wildman–Crippen MR) is 80.0 cm³/mol. The number of rotatable bonds is 6. The molecule has 0 aromatic heterocycles. The van der Waals surface area contributed by atoms with Gasteiger partial charge in [-0.3, -0.25) is 4.79 Å². The van der Waals surface area contributed by atoms with Crippen molar-refractivity contribution in [1.29, 1.82) is 0 Å². The van der Waals surface area contributed by atoms with E-state index >= 15 is 0 Å². The van der Waals surface area contributed by atoms with E-state index in [1.165, 1.54) is 6.07 Å². The lowest BCUT2D eigenvalue weighted by atomic mass is 9.94. The van der Waals surface area contributed by atoms with Crippen LogP contribution in [0.2, 0.25) is 5.02 Å². The number of nitrogens with one attached hydrogen (secondary N) is 1. The molecule has 1 aliphatic rings. The van der Waals surface area contributed by atoms with Crippen LogP contribution in [0.1, 0.15) is 12.8 Å². The second-order valence-electron chi connectivity index (χ2n) is 5.22. The van der Waals surface area contributed by atoms with Crippen LogP contribution in [0.4, 0.5) is 4.39 Å². The molecule has 126 valence electrons. The van der Waals surface area contributed by atoms with E-state index in [0.29, 0.717) is 19.6 Å². The quantitative estimate of drug-likeness (QED) is 0.822. The van der Waals surface area contributed by atoms with E-state index in [1.54, 1.807) is 0 Å². The molecule has 1 aromatic carbocycles. The summed E-state index contributed by atoms with van der Waals surface area (Å²) >= 11 is 5.78. The highest BCUT2D eigenvalue weighted by Crippen LogP contribution is 2.24. The first-order valence-corrected chi connectivity index (χ1v) is 7.53. The Morgan fingerprint density at radius 1 is 1.52 bits per heavy atom. The molecule has 0 spiro atoms.